The van der Waals surface area contributed by atoms with Crippen LogP contribution in [-0.2, 0) is 9.59 Å². The predicted octanol–water partition coefficient (Wildman–Crippen LogP) is 0.277. The Bertz CT molecular complexity index is 288. The Labute approximate surface area is 75.2 Å². The number of aliphatic carboxylic acids is 1. The van der Waals surface area contributed by atoms with Gasteiger partial charge in [0.05, 0.1) is 6.10 Å². The lowest BCUT2D eigenvalue weighted by atomic mass is 9.99. The Morgan fingerprint density at radius 1 is 1.54 bits per heavy atom. The second-order valence-corrected chi connectivity index (χ2v) is 2.85. The molecule has 70 valence electrons. The van der Waals surface area contributed by atoms with Gasteiger partial charge in [-0.3, -0.25) is 4.79 Å². The molecule has 0 aromatic carbocycles. The molecule has 4 nitrogen and oxygen atoms in total. The van der Waals surface area contributed by atoms with Crippen LogP contribution in [0.15, 0.2) is 23.8 Å². The Kier molecular flexibility index (Phi) is 2.97. The summed E-state index contributed by atoms with van der Waals surface area (Å²) in [5.74, 6) is -2.37. The number of carboxylic acids is 1. The third kappa shape index (κ3) is 2.83. The second-order valence-electron chi connectivity index (χ2n) is 2.85. The highest BCUT2D eigenvalue weighted by Gasteiger charge is 2.12. The van der Waals surface area contributed by atoms with E-state index in [1.54, 1.807) is 12.2 Å². The number of carbonyl (C=O) groups excluding carboxylic acids is 1. The minimum absolute atomic E-state index is 0.475. The topological polar surface area (TPSA) is 74.6 Å². The van der Waals surface area contributed by atoms with Gasteiger partial charge in [-0.15, -0.1) is 0 Å². The number of carbonyl (C=O) groups is 2. The molecule has 1 atom stereocenters. The van der Waals surface area contributed by atoms with Gasteiger partial charge in [0.25, 0.3) is 5.78 Å². The van der Waals surface area contributed by atoms with Gasteiger partial charge >= 0.3 is 5.97 Å². The average molecular weight is 182 g/mol. The second kappa shape index (κ2) is 4.00. The molecule has 0 amide bonds. The highest BCUT2D eigenvalue weighted by molar-refractivity contribution is 6.37. The summed E-state index contributed by atoms with van der Waals surface area (Å²) in [4.78, 5) is 20.9. The number of hydrogen-bond donors (Lipinski definition) is 2. The van der Waals surface area contributed by atoms with E-state index in [0.29, 0.717) is 18.4 Å². The van der Waals surface area contributed by atoms with Crippen molar-refractivity contribution in [3.8, 4) is 0 Å². The molecule has 0 bridgehead atoms. The third-order valence-electron chi connectivity index (χ3n) is 1.79. The number of hydrogen-bond acceptors (Lipinski definition) is 3. The maximum absolute atomic E-state index is 10.7. The molecule has 1 rings (SSSR count). The van der Waals surface area contributed by atoms with Gasteiger partial charge in [-0.1, -0.05) is 12.2 Å². The molecule has 0 aromatic rings. The molecule has 0 radical (unpaired) electrons. The zero-order valence-electron chi connectivity index (χ0n) is 6.93. The summed E-state index contributed by atoms with van der Waals surface area (Å²) in [5, 5.41) is 17.4. The van der Waals surface area contributed by atoms with Crippen molar-refractivity contribution in [2.24, 2.45) is 0 Å². The molecule has 4 heteroatoms. The van der Waals surface area contributed by atoms with Crippen molar-refractivity contribution in [3.05, 3.63) is 23.8 Å². The van der Waals surface area contributed by atoms with Gasteiger partial charge in [-0.2, -0.15) is 0 Å². The quantitative estimate of drug-likeness (QED) is 0.475. The van der Waals surface area contributed by atoms with Gasteiger partial charge in [0.15, 0.2) is 0 Å². The highest BCUT2D eigenvalue weighted by atomic mass is 16.4. The third-order valence-corrected chi connectivity index (χ3v) is 1.79. The maximum atomic E-state index is 10.7. The average Bonchev–Trinajstić information content (AvgIpc) is 2.08. The van der Waals surface area contributed by atoms with Crippen molar-refractivity contribution in [2.75, 3.05) is 0 Å². The van der Waals surface area contributed by atoms with E-state index in [2.05, 4.69) is 0 Å². The lowest BCUT2D eigenvalue weighted by Gasteiger charge is -2.11. The molecule has 0 heterocycles. The fourth-order valence-electron chi connectivity index (χ4n) is 1.08. The fraction of sp³-hybridized carbons (Fsp3) is 0.333. The number of carboxylic acid groups (broad SMARTS) is 1. The highest BCUT2D eigenvalue weighted by Crippen LogP contribution is 2.16. The summed E-state index contributed by atoms with van der Waals surface area (Å²) in [7, 11) is 0. The van der Waals surface area contributed by atoms with Crippen molar-refractivity contribution in [1.82, 2.24) is 0 Å². The molecular formula is C9H10O4. The molecular weight excluding hydrogens is 172 g/mol. The summed E-state index contributed by atoms with van der Waals surface area (Å²) >= 11 is 0. The minimum atomic E-state index is -1.45. The summed E-state index contributed by atoms with van der Waals surface area (Å²) < 4.78 is 0. The SMILES string of the molecule is O=C(O)C(=O)C=C1C=CC(O)CC1. The van der Waals surface area contributed by atoms with E-state index in [9.17, 15) is 9.59 Å². The number of allylic oxidation sites excluding steroid dienone is 2. The molecule has 0 spiro atoms. The van der Waals surface area contributed by atoms with Crippen LogP contribution in [0.2, 0.25) is 0 Å². The molecule has 2 N–H and O–H groups in total. The molecule has 1 aliphatic rings. The molecule has 0 aromatic heterocycles. The molecule has 0 saturated heterocycles. The lowest BCUT2D eigenvalue weighted by Crippen LogP contribution is -2.12. The zero-order chi connectivity index (χ0) is 9.84. The maximum Gasteiger partial charge on any atom is 0.376 e. The van der Waals surface area contributed by atoms with Crippen LogP contribution in [-0.4, -0.2) is 28.1 Å². The smallest absolute Gasteiger partial charge is 0.376 e. The molecule has 0 saturated carbocycles. The largest absolute Gasteiger partial charge is 0.475 e. The summed E-state index contributed by atoms with van der Waals surface area (Å²) in [5.41, 5.74) is 0.651. The van der Waals surface area contributed by atoms with E-state index in [0.717, 1.165) is 6.08 Å². The van der Waals surface area contributed by atoms with Crippen molar-refractivity contribution < 1.29 is 19.8 Å². The lowest BCUT2D eigenvalue weighted by molar-refractivity contribution is -0.146. The van der Waals surface area contributed by atoms with Crippen molar-refractivity contribution in [1.29, 1.82) is 0 Å². The van der Waals surface area contributed by atoms with Crippen LogP contribution in [0.5, 0.6) is 0 Å². The predicted molar refractivity (Wildman–Crippen MR) is 45.1 cm³/mol. The molecule has 1 unspecified atom stereocenters. The zero-order valence-corrected chi connectivity index (χ0v) is 6.93. The Balaban J connectivity index is 2.68. The van der Waals surface area contributed by atoms with Gasteiger partial charge in [0.2, 0.25) is 0 Å². The van der Waals surface area contributed by atoms with Gasteiger partial charge in [-0.05, 0) is 24.5 Å². The molecule has 1 aliphatic carbocycles. The van der Waals surface area contributed by atoms with E-state index in [4.69, 9.17) is 10.2 Å². The van der Waals surface area contributed by atoms with Crippen molar-refractivity contribution in [2.45, 2.75) is 18.9 Å². The Morgan fingerprint density at radius 2 is 2.23 bits per heavy atom. The van der Waals surface area contributed by atoms with E-state index in [1.165, 1.54) is 0 Å². The van der Waals surface area contributed by atoms with E-state index in [1.807, 2.05) is 0 Å². The van der Waals surface area contributed by atoms with Crippen LogP contribution in [0.3, 0.4) is 0 Å². The standard InChI is InChI=1S/C9H10O4/c10-7-3-1-6(2-4-7)5-8(11)9(12)13/h1,3,5,7,10H,2,4H2,(H,12,13). The Morgan fingerprint density at radius 3 is 2.69 bits per heavy atom. The van der Waals surface area contributed by atoms with Crippen molar-refractivity contribution >= 4 is 11.8 Å². The van der Waals surface area contributed by atoms with Gasteiger partial charge in [-0.25, -0.2) is 4.79 Å². The normalized spacial score (nSPS) is 24.7. The van der Waals surface area contributed by atoms with Crippen LogP contribution in [0.25, 0.3) is 0 Å². The van der Waals surface area contributed by atoms with Gasteiger partial charge in [0.1, 0.15) is 0 Å². The fourth-order valence-corrected chi connectivity index (χ4v) is 1.08. The van der Waals surface area contributed by atoms with Crippen molar-refractivity contribution in [3.63, 3.8) is 0 Å². The minimum Gasteiger partial charge on any atom is -0.475 e. The first-order valence-corrected chi connectivity index (χ1v) is 3.93. The monoisotopic (exact) mass is 182 g/mol. The molecule has 0 aliphatic heterocycles. The van der Waals surface area contributed by atoms with Crippen LogP contribution in [0, 0.1) is 0 Å². The van der Waals surface area contributed by atoms with E-state index >= 15 is 0 Å². The summed E-state index contributed by atoms with van der Waals surface area (Å²) in [6.07, 6.45) is 4.81. The van der Waals surface area contributed by atoms with Crippen LogP contribution >= 0.6 is 0 Å². The van der Waals surface area contributed by atoms with Crippen LogP contribution < -0.4 is 0 Å². The number of rotatable bonds is 2. The molecule has 0 fully saturated rings. The van der Waals surface area contributed by atoms with E-state index in [-0.39, 0.29) is 0 Å². The van der Waals surface area contributed by atoms with Crippen LogP contribution in [0.4, 0.5) is 0 Å². The van der Waals surface area contributed by atoms with E-state index < -0.39 is 17.9 Å². The first kappa shape index (κ1) is 9.67. The van der Waals surface area contributed by atoms with Gasteiger partial charge < -0.3 is 10.2 Å². The first-order valence-electron chi connectivity index (χ1n) is 3.93. The number of aliphatic hydroxyl groups excluding tert-OH is 1. The first-order chi connectivity index (χ1) is 6.09. The summed E-state index contributed by atoms with van der Waals surface area (Å²) in [6, 6.07) is 0. The van der Waals surface area contributed by atoms with Crippen LogP contribution in [0.1, 0.15) is 12.8 Å². The summed E-state index contributed by atoms with van der Waals surface area (Å²) in [6.45, 7) is 0. The van der Waals surface area contributed by atoms with Gasteiger partial charge in [0, 0.05) is 0 Å². The Hall–Kier alpha value is -1.42. The number of aliphatic hydroxyl groups is 1. The molecule has 13 heavy (non-hydrogen) atoms. The number of ketones is 1.